The maximum atomic E-state index is 6.16. The maximum Gasteiger partial charge on any atom is 0.114 e. The summed E-state index contributed by atoms with van der Waals surface area (Å²) < 4.78 is 0. The molecule has 1 N–H and O–H groups in total. The van der Waals surface area contributed by atoms with Gasteiger partial charge in [-0.2, -0.15) is 0 Å². The van der Waals surface area contributed by atoms with Crippen LogP contribution in [-0.4, -0.2) is 14.9 Å². The molecule has 0 saturated heterocycles. The lowest BCUT2D eigenvalue weighted by Gasteiger charge is -2.16. The molecule has 0 amide bonds. The van der Waals surface area contributed by atoms with Crippen LogP contribution in [0.15, 0.2) is 6.07 Å². The van der Waals surface area contributed by atoms with Crippen molar-refractivity contribution in [2.45, 2.75) is 38.5 Å². The van der Waals surface area contributed by atoms with E-state index in [2.05, 4.69) is 11.4 Å². The minimum absolute atomic E-state index is 0.922. The van der Waals surface area contributed by atoms with Crippen molar-refractivity contribution >= 4 is 19.0 Å². The van der Waals surface area contributed by atoms with Crippen molar-refractivity contribution in [2.24, 2.45) is 5.92 Å². The van der Waals surface area contributed by atoms with Gasteiger partial charge in [-0.05, 0) is 61.1 Å². The van der Waals surface area contributed by atoms with Gasteiger partial charge in [-0.15, -0.1) is 0 Å². The molecule has 0 heterocycles. The van der Waals surface area contributed by atoms with Gasteiger partial charge < -0.3 is 5.32 Å². The summed E-state index contributed by atoms with van der Waals surface area (Å²) in [5.74, 6) is 0.922. The van der Waals surface area contributed by atoms with Crippen molar-refractivity contribution in [2.75, 3.05) is 12.4 Å². The quantitative estimate of drug-likeness (QED) is 0.753. The molecule has 0 spiro atoms. The molecule has 1 saturated carbocycles. The molecule has 0 bridgehead atoms. The summed E-state index contributed by atoms with van der Waals surface area (Å²) in [6.07, 6.45) is 7.66. The number of hydrogen-bond acceptors (Lipinski definition) is 1. The summed E-state index contributed by atoms with van der Waals surface area (Å²) in [6.45, 7) is 0. The van der Waals surface area contributed by atoms with Gasteiger partial charge in [-0.25, -0.2) is 0 Å². The third-order valence-electron chi connectivity index (χ3n) is 3.97. The topological polar surface area (TPSA) is 12.0 Å². The normalized spacial score (nSPS) is 18.6. The maximum absolute atomic E-state index is 6.16. The lowest BCUT2D eigenvalue weighted by Crippen LogP contribution is -2.14. The fourth-order valence-electron chi connectivity index (χ4n) is 2.98. The lowest BCUT2D eigenvalue weighted by molar-refractivity contribution is 0.832. The number of hydrogen-bond donors (Lipinski definition) is 1. The fraction of sp³-hybridized carbons (Fsp3) is 0.571. The molecule has 16 heavy (non-hydrogen) atoms. The predicted octanol–water partition coefficient (Wildman–Crippen LogP) is 1.96. The zero-order chi connectivity index (χ0) is 11.1. The van der Waals surface area contributed by atoms with Gasteiger partial charge in [-0.1, -0.05) is 11.5 Å². The van der Waals surface area contributed by atoms with Crippen LogP contribution in [0.5, 0.6) is 0 Å². The van der Waals surface area contributed by atoms with E-state index in [0.717, 1.165) is 11.4 Å². The highest BCUT2D eigenvalue weighted by molar-refractivity contribution is 6.33. The number of benzene rings is 1. The highest BCUT2D eigenvalue weighted by Crippen LogP contribution is 2.37. The number of fused-ring (bicyclic) bond motifs is 1. The van der Waals surface area contributed by atoms with Crippen molar-refractivity contribution in [3.63, 3.8) is 0 Å². The van der Waals surface area contributed by atoms with Crippen LogP contribution in [0.3, 0.4) is 0 Å². The summed E-state index contributed by atoms with van der Waals surface area (Å²) in [6, 6.07) is 2.22. The first kappa shape index (κ1) is 10.3. The standard InChI is InChI=1S/C14H18BN/c1-16-14-10(7-9-5-6-9)8-13(15)11-3-2-4-12(11)14/h8-9,16H,2-7H2,1H3. The van der Waals surface area contributed by atoms with Gasteiger partial charge >= 0.3 is 0 Å². The second kappa shape index (κ2) is 3.83. The van der Waals surface area contributed by atoms with Crippen molar-refractivity contribution in [1.82, 2.24) is 0 Å². The smallest absolute Gasteiger partial charge is 0.114 e. The Morgan fingerprint density at radius 3 is 2.75 bits per heavy atom. The minimum Gasteiger partial charge on any atom is -0.388 e. The Bertz CT molecular complexity index is 421. The fourth-order valence-corrected chi connectivity index (χ4v) is 2.98. The van der Waals surface area contributed by atoms with E-state index in [1.54, 1.807) is 0 Å². The van der Waals surface area contributed by atoms with E-state index in [-0.39, 0.29) is 0 Å². The molecule has 0 unspecified atom stereocenters. The van der Waals surface area contributed by atoms with Crippen LogP contribution in [0.2, 0.25) is 0 Å². The molecule has 1 nitrogen and oxygen atoms in total. The first-order valence-corrected chi connectivity index (χ1v) is 6.40. The van der Waals surface area contributed by atoms with E-state index in [1.807, 2.05) is 7.05 Å². The molecular weight excluding hydrogens is 193 g/mol. The SMILES string of the molecule is [B]c1cc(CC2CC2)c(NC)c2c1CCC2. The Kier molecular flexibility index (Phi) is 2.46. The molecule has 0 aromatic heterocycles. The van der Waals surface area contributed by atoms with E-state index in [9.17, 15) is 0 Å². The van der Waals surface area contributed by atoms with Crippen LogP contribution in [-0.2, 0) is 19.3 Å². The number of anilines is 1. The van der Waals surface area contributed by atoms with Gasteiger partial charge in [0.2, 0.25) is 0 Å². The molecule has 1 aromatic rings. The molecule has 2 aliphatic rings. The van der Waals surface area contributed by atoms with Gasteiger partial charge in [-0.3, -0.25) is 0 Å². The molecule has 2 heteroatoms. The summed E-state index contributed by atoms with van der Waals surface area (Å²) in [5.41, 5.74) is 6.76. The highest BCUT2D eigenvalue weighted by atomic mass is 14.8. The second-order valence-electron chi connectivity index (χ2n) is 5.21. The van der Waals surface area contributed by atoms with Crippen molar-refractivity contribution in [1.29, 1.82) is 0 Å². The number of rotatable bonds is 3. The molecule has 0 atom stereocenters. The zero-order valence-electron chi connectivity index (χ0n) is 9.97. The van der Waals surface area contributed by atoms with E-state index < -0.39 is 0 Å². The van der Waals surface area contributed by atoms with Gasteiger partial charge in [0.15, 0.2) is 0 Å². The zero-order valence-corrected chi connectivity index (χ0v) is 9.97. The van der Waals surface area contributed by atoms with Crippen LogP contribution >= 0.6 is 0 Å². The summed E-state index contributed by atoms with van der Waals surface area (Å²) >= 11 is 0. The van der Waals surface area contributed by atoms with Crippen molar-refractivity contribution < 1.29 is 0 Å². The van der Waals surface area contributed by atoms with Crippen LogP contribution in [0, 0.1) is 5.92 Å². The highest BCUT2D eigenvalue weighted by Gasteiger charge is 2.25. The Morgan fingerprint density at radius 1 is 1.31 bits per heavy atom. The second-order valence-corrected chi connectivity index (χ2v) is 5.21. The van der Waals surface area contributed by atoms with Gasteiger partial charge in [0.05, 0.1) is 0 Å². The number of nitrogens with one attached hydrogen (secondary N) is 1. The summed E-state index contributed by atoms with van der Waals surface area (Å²) in [7, 11) is 8.21. The van der Waals surface area contributed by atoms with Crippen LogP contribution in [0.25, 0.3) is 0 Å². The van der Waals surface area contributed by atoms with E-state index in [0.29, 0.717) is 0 Å². The average molecular weight is 211 g/mol. The molecule has 2 radical (unpaired) electrons. The van der Waals surface area contributed by atoms with Crippen LogP contribution < -0.4 is 10.8 Å². The van der Waals surface area contributed by atoms with Crippen LogP contribution in [0.4, 0.5) is 5.69 Å². The first-order valence-electron chi connectivity index (χ1n) is 6.40. The van der Waals surface area contributed by atoms with Gasteiger partial charge in [0.25, 0.3) is 0 Å². The third-order valence-corrected chi connectivity index (χ3v) is 3.97. The summed E-state index contributed by atoms with van der Waals surface area (Å²) in [5, 5.41) is 3.40. The Labute approximate surface area is 99.0 Å². The molecule has 0 aliphatic heterocycles. The van der Waals surface area contributed by atoms with Crippen molar-refractivity contribution in [3.8, 4) is 0 Å². The Morgan fingerprint density at radius 2 is 2.06 bits per heavy atom. The van der Waals surface area contributed by atoms with E-state index in [4.69, 9.17) is 7.85 Å². The molecule has 1 aromatic carbocycles. The minimum atomic E-state index is 0.922. The van der Waals surface area contributed by atoms with Crippen LogP contribution in [0.1, 0.15) is 36.0 Å². The first-order chi connectivity index (χ1) is 7.79. The van der Waals surface area contributed by atoms with Gasteiger partial charge in [0, 0.05) is 12.7 Å². The average Bonchev–Trinajstić information content (AvgIpc) is 2.94. The Hall–Kier alpha value is -0.915. The van der Waals surface area contributed by atoms with E-state index >= 15 is 0 Å². The van der Waals surface area contributed by atoms with Gasteiger partial charge in [0.1, 0.15) is 7.85 Å². The lowest BCUT2D eigenvalue weighted by atomic mass is 9.84. The van der Waals surface area contributed by atoms with E-state index in [1.165, 1.54) is 60.9 Å². The molecular formula is C14H18BN. The largest absolute Gasteiger partial charge is 0.388 e. The van der Waals surface area contributed by atoms with Crippen molar-refractivity contribution in [3.05, 3.63) is 22.8 Å². The third kappa shape index (κ3) is 1.64. The molecule has 1 fully saturated rings. The Balaban J connectivity index is 2.05. The molecule has 3 rings (SSSR count). The summed E-state index contributed by atoms with van der Waals surface area (Å²) in [4.78, 5) is 0. The molecule has 2 aliphatic carbocycles. The molecule has 82 valence electrons. The monoisotopic (exact) mass is 211 g/mol. The predicted molar refractivity (Wildman–Crippen MR) is 69.8 cm³/mol.